The highest BCUT2D eigenvalue weighted by Gasteiger charge is 2.43. The van der Waals surface area contributed by atoms with Gasteiger partial charge >= 0.3 is 5.97 Å². The second kappa shape index (κ2) is 5.76. The fourth-order valence-electron chi connectivity index (χ4n) is 1.78. The quantitative estimate of drug-likeness (QED) is 0.402. The van der Waals surface area contributed by atoms with Crippen molar-refractivity contribution in [3.8, 4) is 0 Å². The van der Waals surface area contributed by atoms with Crippen molar-refractivity contribution < 1.29 is 24.3 Å². The van der Waals surface area contributed by atoms with Gasteiger partial charge in [-0.1, -0.05) is 0 Å². The van der Waals surface area contributed by atoms with Gasteiger partial charge in [0.2, 0.25) is 6.04 Å². The van der Waals surface area contributed by atoms with E-state index in [1.54, 1.807) is 6.92 Å². The Kier molecular flexibility index (Phi) is 4.63. The summed E-state index contributed by atoms with van der Waals surface area (Å²) < 4.78 is 9.70. The van der Waals surface area contributed by atoms with Gasteiger partial charge in [0.15, 0.2) is 0 Å². The lowest BCUT2D eigenvalue weighted by Crippen LogP contribution is -2.49. The first-order valence-corrected chi connectivity index (χ1v) is 5.11. The molecule has 7 heteroatoms. The van der Waals surface area contributed by atoms with Gasteiger partial charge in [-0.25, -0.2) is 0 Å². The molecule has 0 unspecified atom stereocenters. The fourth-order valence-corrected chi connectivity index (χ4v) is 1.78. The molecule has 1 rings (SSSR count). The molecule has 0 bridgehead atoms. The highest BCUT2D eigenvalue weighted by molar-refractivity contribution is 5.69. The Balaban J connectivity index is 2.61. The van der Waals surface area contributed by atoms with Gasteiger partial charge in [0.05, 0.1) is 32.2 Å². The van der Waals surface area contributed by atoms with Gasteiger partial charge in [0, 0.05) is 4.92 Å². The van der Waals surface area contributed by atoms with Crippen molar-refractivity contribution in [1.82, 2.24) is 0 Å². The van der Waals surface area contributed by atoms with Crippen LogP contribution in [0.3, 0.4) is 0 Å². The molecule has 0 spiro atoms. The minimum atomic E-state index is -1.16. The van der Waals surface area contributed by atoms with Crippen LogP contribution in [0.15, 0.2) is 0 Å². The number of nitrogens with zero attached hydrogens (tertiary/aromatic N) is 1. The molecule has 1 fully saturated rings. The monoisotopic (exact) mass is 233 g/mol. The number of ether oxygens (including phenoxy) is 2. The zero-order valence-corrected chi connectivity index (χ0v) is 9.00. The van der Waals surface area contributed by atoms with E-state index in [1.165, 1.54) is 0 Å². The lowest BCUT2D eigenvalue weighted by molar-refractivity contribution is -0.550. The highest BCUT2D eigenvalue weighted by Crippen LogP contribution is 2.21. The number of rotatable bonds is 4. The number of aliphatic hydroxyl groups excluding tert-OH is 1. The van der Waals surface area contributed by atoms with E-state index in [2.05, 4.69) is 0 Å². The van der Waals surface area contributed by atoms with Gasteiger partial charge in [0.25, 0.3) is 0 Å². The average molecular weight is 233 g/mol. The maximum absolute atomic E-state index is 11.2. The first-order chi connectivity index (χ1) is 7.56. The maximum atomic E-state index is 11.2. The van der Waals surface area contributed by atoms with Crippen LogP contribution in [0.4, 0.5) is 0 Å². The lowest BCUT2D eigenvalue weighted by atomic mass is 9.91. The number of hydrogen-bond acceptors (Lipinski definition) is 6. The van der Waals surface area contributed by atoms with Crippen LogP contribution in [0.2, 0.25) is 0 Å². The van der Waals surface area contributed by atoms with Crippen molar-refractivity contribution in [2.24, 2.45) is 5.92 Å². The van der Waals surface area contributed by atoms with E-state index in [9.17, 15) is 20.0 Å². The smallest absolute Gasteiger partial charge is 0.306 e. The molecule has 1 saturated heterocycles. The van der Waals surface area contributed by atoms with E-state index >= 15 is 0 Å². The Hall–Kier alpha value is -1.21. The Morgan fingerprint density at radius 2 is 2.31 bits per heavy atom. The summed E-state index contributed by atoms with van der Waals surface area (Å²) in [6, 6.07) is -1.15. The molecule has 0 aromatic rings. The molecule has 0 amide bonds. The van der Waals surface area contributed by atoms with E-state index in [0.29, 0.717) is 0 Å². The summed E-state index contributed by atoms with van der Waals surface area (Å²) in [4.78, 5) is 21.4. The molecule has 0 radical (unpaired) electrons. The van der Waals surface area contributed by atoms with Crippen molar-refractivity contribution in [3.05, 3.63) is 10.1 Å². The summed E-state index contributed by atoms with van der Waals surface area (Å²) in [5.74, 6) is -1.13. The van der Waals surface area contributed by atoms with E-state index in [4.69, 9.17) is 9.47 Å². The van der Waals surface area contributed by atoms with Crippen LogP contribution in [-0.2, 0) is 14.3 Å². The second-order valence-corrected chi connectivity index (χ2v) is 3.65. The zero-order valence-electron chi connectivity index (χ0n) is 9.00. The minimum Gasteiger partial charge on any atom is -0.466 e. The average Bonchev–Trinajstić information content (AvgIpc) is 2.17. The van der Waals surface area contributed by atoms with Crippen molar-refractivity contribution in [3.63, 3.8) is 0 Å². The van der Waals surface area contributed by atoms with E-state index in [1.807, 2.05) is 0 Å². The standard InChI is InChI=1S/C9H15NO6/c1-2-16-8(12)3-6-4-15-5-7(11)9(6)10(13)14/h6-7,9,11H,2-5H2,1H3/t6-,7+,9+/m0/s1. The van der Waals surface area contributed by atoms with Crippen LogP contribution in [0.1, 0.15) is 13.3 Å². The molecule has 16 heavy (non-hydrogen) atoms. The van der Waals surface area contributed by atoms with Crippen molar-refractivity contribution >= 4 is 5.97 Å². The number of hydrogen-bond donors (Lipinski definition) is 1. The second-order valence-electron chi connectivity index (χ2n) is 3.65. The minimum absolute atomic E-state index is 0.0645. The zero-order chi connectivity index (χ0) is 12.1. The maximum Gasteiger partial charge on any atom is 0.306 e. The van der Waals surface area contributed by atoms with Gasteiger partial charge in [0.1, 0.15) is 6.10 Å². The molecule has 0 aliphatic carbocycles. The normalized spacial score (nSPS) is 29.8. The first kappa shape index (κ1) is 12.9. The molecule has 92 valence electrons. The Morgan fingerprint density at radius 3 is 2.88 bits per heavy atom. The number of aliphatic hydroxyl groups is 1. The van der Waals surface area contributed by atoms with Crippen LogP contribution in [0.5, 0.6) is 0 Å². The number of nitro groups is 1. The topological polar surface area (TPSA) is 98.9 Å². The van der Waals surface area contributed by atoms with Gasteiger partial charge in [-0.2, -0.15) is 0 Å². The molecule has 1 N–H and O–H groups in total. The van der Waals surface area contributed by atoms with E-state index in [-0.39, 0.29) is 26.2 Å². The van der Waals surface area contributed by atoms with Crippen molar-refractivity contribution in [2.75, 3.05) is 19.8 Å². The third-order valence-corrected chi connectivity index (χ3v) is 2.48. The number of esters is 1. The summed E-state index contributed by atoms with van der Waals surface area (Å²) in [6.45, 7) is 1.93. The van der Waals surface area contributed by atoms with Crippen LogP contribution >= 0.6 is 0 Å². The summed E-state index contributed by atoms with van der Waals surface area (Å²) in [5.41, 5.74) is 0. The molecule has 0 aromatic heterocycles. The predicted octanol–water partition coefficient (Wildman–Crippen LogP) is -0.408. The third kappa shape index (κ3) is 3.14. The van der Waals surface area contributed by atoms with Gasteiger partial charge in [-0.3, -0.25) is 14.9 Å². The molecule has 7 nitrogen and oxygen atoms in total. The fraction of sp³-hybridized carbons (Fsp3) is 0.889. The van der Waals surface area contributed by atoms with Crippen LogP contribution < -0.4 is 0 Å². The molecule has 0 saturated carbocycles. The Morgan fingerprint density at radius 1 is 1.62 bits per heavy atom. The van der Waals surface area contributed by atoms with Gasteiger partial charge in [-0.05, 0) is 6.92 Å². The van der Waals surface area contributed by atoms with Crippen molar-refractivity contribution in [2.45, 2.75) is 25.5 Å². The largest absolute Gasteiger partial charge is 0.466 e. The number of carbonyl (C=O) groups excluding carboxylic acids is 1. The number of carbonyl (C=O) groups is 1. The summed E-state index contributed by atoms with van der Waals surface area (Å²) in [7, 11) is 0. The summed E-state index contributed by atoms with van der Waals surface area (Å²) in [6.07, 6.45) is -1.26. The van der Waals surface area contributed by atoms with E-state index in [0.717, 1.165) is 0 Å². The Labute approximate surface area is 92.5 Å². The molecule has 1 aliphatic rings. The summed E-state index contributed by atoms with van der Waals surface area (Å²) in [5, 5.41) is 20.2. The molecular formula is C9H15NO6. The molecule has 0 aromatic carbocycles. The van der Waals surface area contributed by atoms with Crippen LogP contribution in [-0.4, -0.2) is 48.0 Å². The van der Waals surface area contributed by atoms with Gasteiger partial charge in [-0.15, -0.1) is 0 Å². The SMILES string of the molecule is CCOC(=O)C[C@H]1COC[C@@H](O)[C@@H]1[N+](=O)[O-]. The molecule has 1 heterocycles. The first-order valence-electron chi connectivity index (χ1n) is 5.11. The molecule has 1 aliphatic heterocycles. The van der Waals surface area contributed by atoms with E-state index < -0.39 is 29.0 Å². The predicted molar refractivity (Wildman–Crippen MR) is 52.3 cm³/mol. The highest BCUT2D eigenvalue weighted by atomic mass is 16.6. The molecule has 3 atom stereocenters. The lowest BCUT2D eigenvalue weighted by Gasteiger charge is -2.28. The third-order valence-electron chi connectivity index (χ3n) is 2.48. The Bertz CT molecular complexity index is 269. The van der Waals surface area contributed by atoms with Crippen LogP contribution in [0, 0.1) is 16.0 Å². The summed E-state index contributed by atoms with van der Waals surface area (Å²) >= 11 is 0. The van der Waals surface area contributed by atoms with Crippen molar-refractivity contribution in [1.29, 1.82) is 0 Å². The van der Waals surface area contributed by atoms with Gasteiger partial charge < -0.3 is 14.6 Å². The molecular weight excluding hydrogens is 218 g/mol. The van der Waals surface area contributed by atoms with Crippen LogP contribution in [0.25, 0.3) is 0 Å².